The monoisotopic (exact) mass is 215 g/mol. The highest BCUT2D eigenvalue weighted by Crippen LogP contribution is 2.27. The van der Waals surface area contributed by atoms with Gasteiger partial charge in [0, 0.05) is 19.5 Å². The second-order valence-corrected chi connectivity index (χ2v) is 3.95. The van der Waals surface area contributed by atoms with Crippen LogP contribution in [0.3, 0.4) is 0 Å². The van der Waals surface area contributed by atoms with Gasteiger partial charge in [0.15, 0.2) is 0 Å². The van der Waals surface area contributed by atoms with E-state index in [4.69, 9.17) is 0 Å². The summed E-state index contributed by atoms with van der Waals surface area (Å²) in [6.07, 6.45) is 0.944. The zero-order valence-electron chi connectivity index (χ0n) is 8.83. The number of nitrogens with one attached hydrogen (secondary N) is 2. The summed E-state index contributed by atoms with van der Waals surface area (Å²) in [5.41, 5.74) is 3.00. The molecule has 0 unspecified atom stereocenters. The Labute approximate surface area is 93.4 Å². The van der Waals surface area contributed by atoms with Crippen LogP contribution in [0.15, 0.2) is 24.3 Å². The first-order valence-electron chi connectivity index (χ1n) is 5.41. The van der Waals surface area contributed by atoms with Crippen molar-refractivity contribution in [1.29, 1.82) is 0 Å². The maximum Gasteiger partial charge on any atom is 0.141 e. The van der Waals surface area contributed by atoms with Gasteiger partial charge >= 0.3 is 0 Å². The van der Waals surface area contributed by atoms with Crippen LogP contribution in [0.4, 0.5) is 0 Å². The largest absolute Gasteiger partial charge is 0.507 e. The summed E-state index contributed by atoms with van der Waals surface area (Å²) in [6, 6.07) is 7.25. The minimum absolute atomic E-state index is 0.265. The second-order valence-electron chi connectivity index (χ2n) is 3.95. The summed E-state index contributed by atoms with van der Waals surface area (Å²) in [5.74, 6) is 1.02. The predicted octanol–water partition coefficient (Wildman–Crippen LogP) is 1.43. The number of benzene rings is 1. The van der Waals surface area contributed by atoms with Gasteiger partial charge in [0.05, 0.1) is 17.0 Å². The SMILES string of the molecule is Oc1ccccc1-c1nc2c([nH]1)CNCC2. The Morgan fingerprint density at radius 2 is 2.12 bits per heavy atom. The first kappa shape index (κ1) is 9.42. The highest BCUT2D eigenvalue weighted by atomic mass is 16.3. The summed E-state index contributed by atoms with van der Waals surface area (Å²) >= 11 is 0. The molecule has 0 fully saturated rings. The molecule has 1 aromatic heterocycles. The van der Waals surface area contributed by atoms with Gasteiger partial charge in [0.25, 0.3) is 0 Å². The number of aromatic nitrogens is 2. The van der Waals surface area contributed by atoms with Gasteiger partial charge < -0.3 is 15.4 Å². The third-order valence-corrected chi connectivity index (χ3v) is 2.86. The maximum absolute atomic E-state index is 9.75. The topological polar surface area (TPSA) is 60.9 Å². The molecule has 4 heteroatoms. The van der Waals surface area contributed by atoms with Crippen LogP contribution in [0.2, 0.25) is 0 Å². The fraction of sp³-hybridized carbons (Fsp3) is 0.250. The number of aromatic amines is 1. The second kappa shape index (κ2) is 3.64. The molecule has 4 nitrogen and oxygen atoms in total. The van der Waals surface area contributed by atoms with E-state index in [9.17, 15) is 5.11 Å². The Hall–Kier alpha value is -1.81. The average molecular weight is 215 g/mol. The molecule has 3 rings (SSSR count). The van der Waals surface area contributed by atoms with Crippen LogP contribution in [0.5, 0.6) is 5.75 Å². The number of phenols is 1. The van der Waals surface area contributed by atoms with E-state index in [2.05, 4.69) is 15.3 Å². The van der Waals surface area contributed by atoms with Crippen molar-refractivity contribution in [1.82, 2.24) is 15.3 Å². The van der Waals surface area contributed by atoms with Gasteiger partial charge in [-0.05, 0) is 12.1 Å². The summed E-state index contributed by atoms with van der Waals surface area (Å²) in [4.78, 5) is 7.78. The molecule has 2 aromatic rings. The van der Waals surface area contributed by atoms with Gasteiger partial charge in [0.1, 0.15) is 11.6 Å². The lowest BCUT2D eigenvalue weighted by Gasteiger charge is -2.09. The highest BCUT2D eigenvalue weighted by molar-refractivity contribution is 5.64. The van der Waals surface area contributed by atoms with Crippen molar-refractivity contribution in [3.05, 3.63) is 35.7 Å². The van der Waals surface area contributed by atoms with Crippen molar-refractivity contribution >= 4 is 0 Å². The zero-order chi connectivity index (χ0) is 11.0. The third kappa shape index (κ3) is 1.47. The number of para-hydroxylation sites is 1. The number of aromatic hydroxyl groups is 1. The Morgan fingerprint density at radius 1 is 1.25 bits per heavy atom. The molecule has 2 heterocycles. The predicted molar refractivity (Wildman–Crippen MR) is 61.1 cm³/mol. The van der Waals surface area contributed by atoms with Gasteiger partial charge in [-0.3, -0.25) is 0 Å². The van der Waals surface area contributed by atoms with Crippen LogP contribution in [-0.4, -0.2) is 21.6 Å². The Kier molecular flexibility index (Phi) is 2.15. The molecule has 82 valence electrons. The minimum atomic E-state index is 0.265. The van der Waals surface area contributed by atoms with E-state index in [0.29, 0.717) is 0 Å². The van der Waals surface area contributed by atoms with Crippen molar-refractivity contribution < 1.29 is 5.11 Å². The van der Waals surface area contributed by atoms with E-state index in [1.54, 1.807) is 6.07 Å². The van der Waals surface area contributed by atoms with E-state index < -0.39 is 0 Å². The minimum Gasteiger partial charge on any atom is -0.507 e. The van der Waals surface area contributed by atoms with Gasteiger partial charge in [-0.25, -0.2) is 4.98 Å². The van der Waals surface area contributed by atoms with Crippen molar-refractivity contribution in [3.8, 4) is 17.1 Å². The molecular weight excluding hydrogens is 202 g/mol. The summed E-state index contributed by atoms with van der Waals surface area (Å²) in [6.45, 7) is 1.80. The van der Waals surface area contributed by atoms with E-state index in [1.807, 2.05) is 18.2 Å². The molecule has 1 aromatic carbocycles. The summed E-state index contributed by atoms with van der Waals surface area (Å²) in [5, 5.41) is 13.0. The Balaban J connectivity index is 2.07. The normalized spacial score (nSPS) is 14.8. The standard InChI is InChI=1S/C12H13N3O/c16-11-4-2-1-3-8(11)12-14-9-5-6-13-7-10(9)15-12/h1-4,13,16H,5-7H2,(H,14,15). The van der Waals surface area contributed by atoms with Crippen molar-refractivity contribution in [2.75, 3.05) is 6.54 Å². The molecule has 0 bridgehead atoms. The van der Waals surface area contributed by atoms with E-state index in [-0.39, 0.29) is 5.75 Å². The molecule has 0 atom stereocenters. The maximum atomic E-state index is 9.75. The van der Waals surface area contributed by atoms with E-state index in [1.165, 1.54) is 0 Å². The number of hydrogen-bond acceptors (Lipinski definition) is 3. The lowest BCUT2D eigenvalue weighted by molar-refractivity contribution is 0.477. The third-order valence-electron chi connectivity index (χ3n) is 2.86. The number of phenolic OH excluding ortho intramolecular Hbond substituents is 1. The van der Waals surface area contributed by atoms with E-state index >= 15 is 0 Å². The molecule has 16 heavy (non-hydrogen) atoms. The number of imidazole rings is 1. The van der Waals surface area contributed by atoms with Crippen LogP contribution < -0.4 is 5.32 Å². The molecule has 0 saturated carbocycles. The number of hydrogen-bond donors (Lipinski definition) is 3. The fourth-order valence-corrected chi connectivity index (χ4v) is 2.02. The fourth-order valence-electron chi connectivity index (χ4n) is 2.02. The van der Waals surface area contributed by atoms with Crippen LogP contribution >= 0.6 is 0 Å². The Bertz CT molecular complexity index is 495. The van der Waals surface area contributed by atoms with Crippen LogP contribution in [0, 0.1) is 0 Å². The summed E-state index contributed by atoms with van der Waals surface area (Å²) in [7, 11) is 0. The molecule has 1 aliphatic heterocycles. The van der Waals surface area contributed by atoms with Gasteiger partial charge in [-0.2, -0.15) is 0 Å². The number of H-pyrrole nitrogens is 1. The number of rotatable bonds is 1. The highest BCUT2D eigenvalue weighted by Gasteiger charge is 2.15. The quantitative estimate of drug-likeness (QED) is 0.674. The first-order valence-corrected chi connectivity index (χ1v) is 5.41. The molecule has 0 radical (unpaired) electrons. The zero-order valence-corrected chi connectivity index (χ0v) is 8.83. The number of nitrogens with zero attached hydrogens (tertiary/aromatic N) is 1. The van der Waals surface area contributed by atoms with Crippen LogP contribution in [-0.2, 0) is 13.0 Å². The molecule has 0 amide bonds. The molecule has 0 saturated heterocycles. The first-order chi connectivity index (χ1) is 7.84. The van der Waals surface area contributed by atoms with Gasteiger partial charge in [0.2, 0.25) is 0 Å². The van der Waals surface area contributed by atoms with Gasteiger partial charge in [-0.1, -0.05) is 12.1 Å². The van der Waals surface area contributed by atoms with Crippen LogP contribution in [0.25, 0.3) is 11.4 Å². The molecule has 0 aliphatic carbocycles. The van der Waals surface area contributed by atoms with Crippen LogP contribution in [0.1, 0.15) is 11.4 Å². The van der Waals surface area contributed by atoms with Crippen molar-refractivity contribution in [3.63, 3.8) is 0 Å². The molecule has 0 spiro atoms. The summed E-state index contributed by atoms with van der Waals surface area (Å²) < 4.78 is 0. The van der Waals surface area contributed by atoms with Crippen molar-refractivity contribution in [2.24, 2.45) is 0 Å². The van der Waals surface area contributed by atoms with E-state index in [0.717, 1.165) is 42.3 Å². The molecule has 3 N–H and O–H groups in total. The average Bonchev–Trinajstić information content (AvgIpc) is 2.73. The smallest absolute Gasteiger partial charge is 0.141 e. The lowest BCUT2D eigenvalue weighted by Crippen LogP contribution is -2.23. The van der Waals surface area contributed by atoms with Gasteiger partial charge in [-0.15, -0.1) is 0 Å². The number of fused-ring (bicyclic) bond motifs is 1. The molecular formula is C12H13N3O. The molecule has 1 aliphatic rings. The van der Waals surface area contributed by atoms with Crippen molar-refractivity contribution in [2.45, 2.75) is 13.0 Å². The Morgan fingerprint density at radius 3 is 2.94 bits per heavy atom. The lowest BCUT2D eigenvalue weighted by atomic mass is 10.2.